The van der Waals surface area contributed by atoms with E-state index in [1.54, 1.807) is 24.3 Å². The quantitative estimate of drug-likeness (QED) is 0.686. The van der Waals surface area contributed by atoms with Gasteiger partial charge in [0.15, 0.2) is 0 Å². The zero-order chi connectivity index (χ0) is 14.4. The Bertz CT molecular complexity index is 475. The van der Waals surface area contributed by atoms with Crippen molar-refractivity contribution in [2.45, 2.75) is 30.9 Å². The molecule has 0 spiro atoms. The van der Waals surface area contributed by atoms with Crippen LogP contribution in [0.15, 0.2) is 24.3 Å². The van der Waals surface area contributed by atoms with Gasteiger partial charge in [0.1, 0.15) is 24.5 Å². The number of benzene rings is 1. The number of nitrogens with one attached hydrogen (secondary N) is 1. The van der Waals surface area contributed by atoms with Crippen LogP contribution in [0.1, 0.15) is 24.8 Å². The van der Waals surface area contributed by atoms with E-state index >= 15 is 0 Å². The molecule has 1 atom stereocenters. The normalized spacial score (nSPS) is 17.9. The lowest BCUT2D eigenvalue weighted by molar-refractivity contribution is 0.0539. The molecule has 1 aromatic carbocycles. The fourth-order valence-electron chi connectivity index (χ4n) is 2.26. The summed E-state index contributed by atoms with van der Waals surface area (Å²) in [4.78, 5) is 0. The Balaban J connectivity index is 1.78. The number of hydrogen-bond donors (Lipinski definition) is 3. The predicted octanol–water partition coefficient (Wildman–Crippen LogP) is 0.803. The standard InChI is InChI=1S/C15H20N2O3/c16-8-12-4-1-2-5-14(12)20-10-13(19)9-17-15(11-18)6-3-7-15/h1-2,4-5,13,17-19H,3,6-7,9-11H2. The summed E-state index contributed by atoms with van der Waals surface area (Å²) in [6.07, 6.45) is 2.31. The summed E-state index contributed by atoms with van der Waals surface area (Å²) in [6, 6.07) is 8.99. The summed E-state index contributed by atoms with van der Waals surface area (Å²) in [7, 11) is 0. The highest BCUT2D eigenvalue weighted by Crippen LogP contribution is 2.30. The highest BCUT2D eigenvalue weighted by atomic mass is 16.5. The van der Waals surface area contributed by atoms with E-state index in [0.29, 0.717) is 17.9 Å². The Morgan fingerprint density at radius 2 is 2.15 bits per heavy atom. The van der Waals surface area contributed by atoms with Crippen LogP contribution in [0.4, 0.5) is 0 Å². The second-order valence-electron chi connectivity index (χ2n) is 5.25. The first-order valence-electron chi connectivity index (χ1n) is 6.85. The molecule has 108 valence electrons. The SMILES string of the molecule is N#Cc1ccccc1OCC(O)CNC1(CO)CCC1. The predicted molar refractivity (Wildman–Crippen MR) is 74.3 cm³/mol. The number of rotatable bonds is 7. The maximum absolute atomic E-state index is 9.90. The number of para-hydroxylation sites is 1. The molecular formula is C15H20N2O3. The van der Waals surface area contributed by atoms with Gasteiger partial charge in [-0.05, 0) is 31.4 Å². The third-order valence-electron chi connectivity index (χ3n) is 3.76. The number of nitrogens with zero attached hydrogens (tertiary/aromatic N) is 1. The van der Waals surface area contributed by atoms with E-state index in [0.717, 1.165) is 19.3 Å². The lowest BCUT2D eigenvalue weighted by atomic mass is 9.77. The lowest BCUT2D eigenvalue weighted by Gasteiger charge is -2.41. The van der Waals surface area contributed by atoms with E-state index in [9.17, 15) is 10.2 Å². The zero-order valence-electron chi connectivity index (χ0n) is 11.4. The monoisotopic (exact) mass is 276 g/mol. The molecule has 1 fully saturated rings. The molecule has 0 heterocycles. The summed E-state index contributed by atoms with van der Waals surface area (Å²) in [5.41, 5.74) is 0.240. The lowest BCUT2D eigenvalue weighted by Crippen LogP contribution is -2.56. The van der Waals surface area contributed by atoms with Crippen LogP contribution in [0.3, 0.4) is 0 Å². The van der Waals surface area contributed by atoms with Crippen LogP contribution in [-0.2, 0) is 0 Å². The van der Waals surface area contributed by atoms with Gasteiger partial charge in [-0.2, -0.15) is 5.26 Å². The number of β-amino-alcohol motifs (C(OH)–C–C–N with tert-alkyl or cyclic N) is 1. The molecule has 0 aromatic heterocycles. The molecule has 5 heteroatoms. The van der Waals surface area contributed by atoms with Crippen molar-refractivity contribution in [3.63, 3.8) is 0 Å². The van der Waals surface area contributed by atoms with Crippen molar-refractivity contribution in [2.24, 2.45) is 0 Å². The van der Waals surface area contributed by atoms with Crippen molar-refractivity contribution in [3.05, 3.63) is 29.8 Å². The van der Waals surface area contributed by atoms with E-state index in [1.807, 2.05) is 6.07 Å². The van der Waals surface area contributed by atoms with Gasteiger partial charge in [-0.3, -0.25) is 0 Å². The average molecular weight is 276 g/mol. The molecule has 2 rings (SSSR count). The van der Waals surface area contributed by atoms with Crippen molar-refractivity contribution in [1.29, 1.82) is 5.26 Å². The van der Waals surface area contributed by atoms with Gasteiger partial charge in [-0.25, -0.2) is 0 Å². The summed E-state index contributed by atoms with van der Waals surface area (Å²) < 4.78 is 5.47. The van der Waals surface area contributed by atoms with Crippen LogP contribution in [0, 0.1) is 11.3 Å². The van der Waals surface area contributed by atoms with Gasteiger partial charge < -0.3 is 20.3 Å². The Morgan fingerprint density at radius 3 is 2.75 bits per heavy atom. The Labute approximate surface area is 118 Å². The van der Waals surface area contributed by atoms with Crippen LogP contribution in [0.25, 0.3) is 0 Å². The van der Waals surface area contributed by atoms with Crippen LogP contribution in [0.5, 0.6) is 5.75 Å². The number of ether oxygens (including phenoxy) is 1. The van der Waals surface area contributed by atoms with Crippen LogP contribution in [0.2, 0.25) is 0 Å². The Hall–Kier alpha value is -1.61. The molecule has 1 aromatic rings. The summed E-state index contributed by atoms with van der Waals surface area (Å²) in [5, 5.41) is 31.3. The molecule has 0 amide bonds. The van der Waals surface area contributed by atoms with Crippen molar-refractivity contribution in [2.75, 3.05) is 19.8 Å². The minimum Gasteiger partial charge on any atom is -0.489 e. The van der Waals surface area contributed by atoms with Gasteiger partial charge in [-0.15, -0.1) is 0 Å². The molecule has 1 unspecified atom stereocenters. The van der Waals surface area contributed by atoms with Gasteiger partial charge >= 0.3 is 0 Å². The fourth-order valence-corrected chi connectivity index (χ4v) is 2.26. The molecule has 3 N–H and O–H groups in total. The molecule has 20 heavy (non-hydrogen) atoms. The first-order chi connectivity index (χ1) is 9.69. The second kappa shape index (κ2) is 6.71. The minimum atomic E-state index is -0.675. The van der Waals surface area contributed by atoms with E-state index in [-0.39, 0.29) is 18.8 Å². The molecule has 0 bridgehead atoms. The fraction of sp³-hybridized carbons (Fsp3) is 0.533. The van der Waals surface area contributed by atoms with Crippen molar-refractivity contribution < 1.29 is 14.9 Å². The minimum absolute atomic E-state index is 0.0951. The second-order valence-corrected chi connectivity index (χ2v) is 5.25. The third-order valence-corrected chi connectivity index (χ3v) is 3.76. The molecule has 5 nitrogen and oxygen atoms in total. The first-order valence-corrected chi connectivity index (χ1v) is 6.85. The summed E-state index contributed by atoms with van der Waals surface area (Å²) in [5.74, 6) is 0.481. The molecule has 0 aliphatic heterocycles. The summed E-state index contributed by atoms with van der Waals surface area (Å²) >= 11 is 0. The molecule has 1 saturated carbocycles. The van der Waals surface area contributed by atoms with Crippen molar-refractivity contribution in [1.82, 2.24) is 5.32 Å². The zero-order valence-corrected chi connectivity index (χ0v) is 11.4. The number of hydrogen-bond acceptors (Lipinski definition) is 5. The maximum atomic E-state index is 9.90. The summed E-state index contributed by atoms with van der Waals surface area (Å²) in [6.45, 7) is 0.584. The van der Waals surface area contributed by atoms with Gasteiger partial charge in [0.2, 0.25) is 0 Å². The van der Waals surface area contributed by atoms with Gasteiger partial charge in [-0.1, -0.05) is 12.1 Å². The van der Waals surface area contributed by atoms with Crippen LogP contribution < -0.4 is 10.1 Å². The van der Waals surface area contributed by atoms with Crippen molar-refractivity contribution in [3.8, 4) is 11.8 Å². The van der Waals surface area contributed by atoms with Gasteiger partial charge in [0.25, 0.3) is 0 Å². The van der Waals surface area contributed by atoms with Gasteiger partial charge in [0, 0.05) is 12.1 Å². The van der Waals surface area contributed by atoms with Crippen LogP contribution in [-0.4, -0.2) is 41.6 Å². The Kier molecular flexibility index (Phi) is 4.96. The molecular weight excluding hydrogens is 256 g/mol. The number of nitriles is 1. The van der Waals surface area contributed by atoms with E-state index in [1.165, 1.54) is 0 Å². The molecule has 1 aliphatic carbocycles. The van der Waals surface area contributed by atoms with E-state index in [4.69, 9.17) is 10.00 Å². The van der Waals surface area contributed by atoms with Crippen LogP contribution >= 0.6 is 0 Å². The first kappa shape index (κ1) is 14.8. The largest absolute Gasteiger partial charge is 0.489 e. The topological polar surface area (TPSA) is 85.5 Å². The van der Waals surface area contributed by atoms with Gasteiger partial charge in [0.05, 0.1) is 12.2 Å². The highest BCUT2D eigenvalue weighted by molar-refractivity contribution is 5.42. The third kappa shape index (κ3) is 3.48. The maximum Gasteiger partial charge on any atom is 0.137 e. The highest BCUT2D eigenvalue weighted by Gasteiger charge is 2.35. The molecule has 0 radical (unpaired) electrons. The average Bonchev–Trinajstić information content (AvgIpc) is 2.44. The van der Waals surface area contributed by atoms with E-state index in [2.05, 4.69) is 5.32 Å². The Morgan fingerprint density at radius 1 is 1.40 bits per heavy atom. The number of aliphatic hydroxyl groups is 2. The number of aliphatic hydroxyl groups excluding tert-OH is 2. The molecule has 0 saturated heterocycles. The van der Waals surface area contributed by atoms with Crippen molar-refractivity contribution >= 4 is 0 Å². The van der Waals surface area contributed by atoms with E-state index < -0.39 is 6.10 Å². The smallest absolute Gasteiger partial charge is 0.137 e. The molecule has 1 aliphatic rings.